The fraction of sp³-hybridized carbons (Fsp3) is 0.450. The molecule has 0 saturated carbocycles. The number of nitrogens with one attached hydrogen (secondary N) is 2. The highest BCUT2D eigenvalue weighted by atomic mass is 32.2. The van der Waals surface area contributed by atoms with Crippen LogP contribution in [0.3, 0.4) is 0 Å². The Hall–Kier alpha value is -2.30. The van der Waals surface area contributed by atoms with Gasteiger partial charge in [-0.05, 0) is 25.3 Å². The van der Waals surface area contributed by atoms with Gasteiger partial charge in [-0.2, -0.15) is 5.26 Å². The molecule has 2 aliphatic heterocycles. The molecule has 1 aromatic carbocycles. The van der Waals surface area contributed by atoms with E-state index >= 15 is 0 Å². The van der Waals surface area contributed by atoms with Crippen molar-refractivity contribution in [1.29, 1.82) is 5.26 Å². The predicted molar refractivity (Wildman–Crippen MR) is 104 cm³/mol. The van der Waals surface area contributed by atoms with Crippen LogP contribution in [-0.2, 0) is 14.3 Å². The Morgan fingerprint density at radius 1 is 1.41 bits per heavy atom. The molecule has 0 spiro atoms. The number of benzene rings is 1. The Bertz CT molecular complexity index is 777. The fourth-order valence-corrected chi connectivity index (χ4v) is 4.15. The van der Waals surface area contributed by atoms with Crippen molar-refractivity contribution < 1.29 is 14.3 Å². The van der Waals surface area contributed by atoms with Crippen LogP contribution in [0.25, 0.3) is 0 Å². The first kappa shape index (κ1) is 19.5. The first-order valence-corrected chi connectivity index (χ1v) is 10.1. The van der Waals surface area contributed by atoms with Gasteiger partial charge in [0, 0.05) is 25.5 Å². The quantitative estimate of drug-likeness (QED) is 0.784. The summed E-state index contributed by atoms with van der Waals surface area (Å²) in [6, 6.07) is 10.1. The summed E-state index contributed by atoms with van der Waals surface area (Å²) >= 11 is 1.20. The van der Waals surface area contributed by atoms with Crippen LogP contribution in [0.15, 0.2) is 34.9 Å². The lowest BCUT2D eigenvalue weighted by Crippen LogP contribution is -2.34. The van der Waals surface area contributed by atoms with Gasteiger partial charge in [0.15, 0.2) is 0 Å². The molecule has 3 rings (SSSR count). The summed E-state index contributed by atoms with van der Waals surface area (Å²) < 4.78 is 5.49. The number of hydrogen-bond acceptors (Lipinski definition) is 5. The van der Waals surface area contributed by atoms with Gasteiger partial charge in [-0.1, -0.05) is 41.6 Å². The first-order chi connectivity index (χ1) is 13.1. The lowest BCUT2D eigenvalue weighted by molar-refractivity contribution is -0.121. The van der Waals surface area contributed by atoms with Crippen molar-refractivity contribution in [2.45, 2.75) is 38.2 Å². The number of nitrogens with zero attached hydrogens (tertiary/aromatic N) is 1. The average Bonchev–Trinajstić information content (AvgIpc) is 3.18. The summed E-state index contributed by atoms with van der Waals surface area (Å²) in [4.78, 5) is 24.2. The van der Waals surface area contributed by atoms with E-state index < -0.39 is 0 Å². The highest BCUT2D eigenvalue weighted by Crippen LogP contribution is 2.35. The van der Waals surface area contributed by atoms with Crippen molar-refractivity contribution in [2.75, 3.05) is 18.9 Å². The minimum atomic E-state index is -0.276. The van der Waals surface area contributed by atoms with Crippen LogP contribution in [0.1, 0.15) is 36.3 Å². The zero-order valence-electron chi connectivity index (χ0n) is 15.3. The number of hydrogen-bond donors (Lipinski definition) is 2. The van der Waals surface area contributed by atoms with Gasteiger partial charge in [-0.3, -0.25) is 9.59 Å². The molecule has 1 fully saturated rings. The van der Waals surface area contributed by atoms with Crippen molar-refractivity contribution in [1.82, 2.24) is 10.6 Å². The Labute approximate surface area is 163 Å². The second-order valence-electron chi connectivity index (χ2n) is 6.80. The van der Waals surface area contributed by atoms with Crippen molar-refractivity contribution in [2.24, 2.45) is 0 Å². The second kappa shape index (κ2) is 9.07. The summed E-state index contributed by atoms with van der Waals surface area (Å²) in [6.45, 7) is 3.25. The number of aryl methyl sites for hydroxylation is 1. The minimum Gasteiger partial charge on any atom is -0.376 e. The molecule has 1 aromatic rings. The number of carbonyl (C=O) groups is 2. The number of allylic oxidation sites excluding steroid dienone is 1. The molecule has 0 unspecified atom stereocenters. The molecule has 1 saturated heterocycles. The van der Waals surface area contributed by atoms with Gasteiger partial charge in [0.2, 0.25) is 11.8 Å². The molecule has 2 aliphatic rings. The maximum absolute atomic E-state index is 12.1. The maximum Gasteiger partial charge on any atom is 0.230 e. The lowest BCUT2D eigenvalue weighted by Gasteiger charge is -2.25. The van der Waals surface area contributed by atoms with Crippen LogP contribution < -0.4 is 10.6 Å². The summed E-state index contributed by atoms with van der Waals surface area (Å²) in [5.74, 6) is -0.399. The number of thioether (sulfide) groups is 1. The summed E-state index contributed by atoms with van der Waals surface area (Å²) in [7, 11) is 0. The number of amides is 2. The summed E-state index contributed by atoms with van der Waals surface area (Å²) in [5, 5.41) is 15.7. The van der Waals surface area contributed by atoms with Crippen molar-refractivity contribution >= 4 is 23.6 Å². The Morgan fingerprint density at radius 3 is 2.85 bits per heavy atom. The Balaban J connectivity index is 1.65. The second-order valence-corrected chi connectivity index (χ2v) is 7.78. The first-order valence-electron chi connectivity index (χ1n) is 9.08. The average molecular weight is 385 g/mol. The van der Waals surface area contributed by atoms with Gasteiger partial charge in [0.25, 0.3) is 0 Å². The van der Waals surface area contributed by atoms with Crippen molar-refractivity contribution in [3.8, 4) is 6.07 Å². The zero-order chi connectivity index (χ0) is 19.2. The Morgan fingerprint density at radius 2 is 2.19 bits per heavy atom. The van der Waals surface area contributed by atoms with E-state index in [1.54, 1.807) is 0 Å². The topological polar surface area (TPSA) is 91.2 Å². The van der Waals surface area contributed by atoms with Gasteiger partial charge in [-0.15, -0.1) is 0 Å². The molecule has 0 aromatic heterocycles. The third-order valence-electron chi connectivity index (χ3n) is 4.73. The highest BCUT2D eigenvalue weighted by molar-refractivity contribution is 8.03. The van der Waals surface area contributed by atoms with E-state index in [0.717, 1.165) is 30.6 Å². The molecule has 0 aliphatic carbocycles. The predicted octanol–water partition coefficient (Wildman–Crippen LogP) is 2.36. The van der Waals surface area contributed by atoms with E-state index in [9.17, 15) is 14.9 Å². The highest BCUT2D eigenvalue weighted by Gasteiger charge is 2.29. The summed E-state index contributed by atoms with van der Waals surface area (Å²) in [5.41, 5.74) is 2.57. The SMILES string of the molecule is Cc1ccc([C@H]2CC(=O)NC(SCC(=O)NC[C@@H]3CCCO3)=C2C#N)cc1. The van der Waals surface area contributed by atoms with E-state index in [0.29, 0.717) is 17.1 Å². The van der Waals surface area contributed by atoms with Gasteiger partial charge >= 0.3 is 0 Å². The molecule has 0 radical (unpaired) electrons. The molecule has 2 heterocycles. The standard InChI is InChI=1S/C20H23N3O3S/c1-13-4-6-14(7-5-13)16-9-18(24)23-20(17(16)10-21)27-12-19(25)22-11-15-3-2-8-26-15/h4-7,15-16H,2-3,8-9,11-12H2,1H3,(H,22,25)(H,23,24)/t15-,16+/m0/s1. The number of nitriles is 1. The molecule has 7 heteroatoms. The smallest absolute Gasteiger partial charge is 0.230 e. The molecule has 27 heavy (non-hydrogen) atoms. The third-order valence-corrected chi connectivity index (χ3v) is 5.75. The molecule has 0 bridgehead atoms. The van der Waals surface area contributed by atoms with E-state index in [4.69, 9.17) is 4.74 Å². The van der Waals surface area contributed by atoms with Crippen LogP contribution in [0, 0.1) is 18.3 Å². The Kier molecular flexibility index (Phi) is 6.54. The molecular formula is C20H23N3O3S. The molecule has 2 amide bonds. The summed E-state index contributed by atoms with van der Waals surface area (Å²) in [6.07, 6.45) is 2.32. The lowest BCUT2D eigenvalue weighted by atomic mass is 9.87. The molecule has 6 nitrogen and oxygen atoms in total. The zero-order valence-corrected chi connectivity index (χ0v) is 16.1. The normalized spacial score (nSPS) is 22.3. The third kappa shape index (κ3) is 5.12. The maximum atomic E-state index is 12.1. The number of carbonyl (C=O) groups excluding carboxylic acids is 2. The van der Waals surface area contributed by atoms with E-state index in [2.05, 4.69) is 16.7 Å². The van der Waals surface area contributed by atoms with Gasteiger partial charge in [0.05, 0.1) is 28.5 Å². The van der Waals surface area contributed by atoms with E-state index in [-0.39, 0.29) is 36.0 Å². The van der Waals surface area contributed by atoms with E-state index in [1.807, 2.05) is 31.2 Å². The van der Waals surface area contributed by atoms with Gasteiger partial charge < -0.3 is 15.4 Å². The molecular weight excluding hydrogens is 362 g/mol. The monoisotopic (exact) mass is 385 g/mol. The van der Waals surface area contributed by atoms with Crippen LogP contribution >= 0.6 is 11.8 Å². The van der Waals surface area contributed by atoms with Crippen LogP contribution in [0.5, 0.6) is 0 Å². The van der Waals surface area contributed by atoms with Crippen LogP contribution in [-0.4, -0.2) is 36.8 Å². The number of ether oxygens (including phenoxy) is 1. The molecule has 2 atom stereocenters. The molecule has 2 N–H and O–H groups in total. The number of rotatable bonds is 6. The largest absolute Gasteiger partial charge is 0.376 e. The fourth-order valence-electron chi connectivity index (χ4n) is 3.24. The van der Waals surface area contributed by atoms with E-state index in [1.165, 1.54) is 11.8 Å². The van der Waals surface area contributed by atoms with Crippen molar-refractivity contribution in [3.63, 3.8) is 0 Å². The van der Waals surface area contributed by atoms with Crippen LogP contribution in [0.2, 0.25) is 0 Å². The van der Waals surface area contributed by atoms with Crippen molar-refractivity contribution in [3.05, 3.63) is 46.0 Å². The van der Waals surface area contributed by atoms with Gasteiger partial charge in [-0.25, -0.2) is 0 Å². The molecule has 142 valence electrons. The van der Waals surface area contributed by atoms with Crippen LogP contribution in [0.4, 0.5) is 0 Å². The van der Waals surface area contributed by atoms with Gasteiger partial charge in [0.1, 0.15) is 0 Å². The minimum absolute atomic E-state index is 0.0909.